The van der Waals surface area contributed by atoms with Crippen LogP contribution >= 0.6 is 0 Å². The van der Waals surface area contributed by atoms with E-state index in [1.165, 1.54) is 0 Å². The number of benzene rings is 2. The third kappa shape index (κ3) is 5.28. The van der Waals surface area contributed by atoms with Gasteiger partial charge in [-0.05, 0) is 31.4 Å². The highest BCUT2D eigenvalue weighted by molar-refractivity contribution is 5.98. The fourth-order valence-corrected chi connectivity index (χ4v) is 3.52. The van der Waals surface area contributed by atoms with Gasteiger partial charge in [0, 0.05) is 43.1 Å². The summed E-state index contributed by atoms with van der Waals surface area (Å²) in [6, 6.07) is 18.4. The smallest absolute Gasteiger partial charge is 0.251 e. The van der Waals surface area contributed by atoms with Crippen molar-refractivity contribution in [1.82, 2.24) is 10.2 Å². The topological polar surface area (TPSA) is 66.5 Å². The number of nitrogens with zero attached hydrogens (tertiary/aromatic N) is 1. The molecule has 0 radical (unpaired) electrons. The molecular formula is C23H26N2O3. The minimum Gasteiger partial charge on any atom is -0.352 e. The fraction of sp³-hybridized carbons (Fsp3) is 0.348. The number of piperidine rings is 1. The molecular weight excluding hydrogens is 352 g/mol. The molecule has 1 heterocycles. The first-order chi connectivity index (χ1) is 13.6. The Balaban J connectivity index is 1.36. The van der Waals surface area contributed by atoms with Gasteiger partial charge in [-0.1, -0.05) is 48.5 Å². The summed E-state index contributed by atoms with van der Waals surface area (Å²) in [5.74, 6) is 0.154. The van der Waals surface area contributed by atoms with E-state index < -0.39 is 0 Å². The Labute approximate surface area is 165 Å². The number of Topliss-reactive ketones (excluding diaryl/α,β-unsaturated/α-hetero) is 1. The minimum absolute atomic E-state index is 0.00314. The van der Waals surface area contributed by atoms with Crippen LogP contribution in [0.2, 0.25) is 0 Å². The van der Waals surface area contributed by atoms with E-state index in [4.69, 9.17) is 0 Å². The highest BCUT2D eigenvalue weighted by atomic mass is 16.2. The van der Waals surface area contributed by atoms with Gasteiger partial charge in [-0.15, -0.1) is 0 Å². The van der Waals surface area contributed by atoms with Gasteiger partial charge in [-0.2, -0.15) is 0 Å². The van der Waals surface area contributed by atoms with Crippen molar-refractivity contribution in [2.45, 2.75) is 25.7 Å². The number of nitrogens with one attached hydrogen (secondary N) is 1. The van der Waals surface area contributed by atoms with Crippen molar-refractivity contribution in [3.8, 4) is 0 Å². The average Bonchev–Trinajstić information content (AvgIpc) is 2.77. The van der Waals surface area contributed by atoms with E-state index >= 15 is 0 Å². The first-order valence-corrected chi connectivity index (χ1v) is 9.85. The van der Waals surface area contributed by atoms with E-state index in [0.29, 0.717) is 50.9 Å². The number of carbonyl (C=O) groups is 3. The molecule has 0 atom stereocenters. The van der Waals surface area contributed by atoms with Crippen LogP contribution in [-0.2, 0) is 4.79 Å². The zero-order valence-corrected chi connectivity index (χ0v) is 16.0. The lowest BCUT2D eigenvalue weighted by atomic mass is 9.89. The molecule has 0 spiro atoms. The highest BCUT2D eigenvalue weighted by Crippen LogP contribution is 2.22. The summed E-state index contributed by atoms with van der Waals surface area (Å²) in [6.07, 6.45) is 2.45. The first kappa shape index (κ1) is 19.8. The molecule has 5 heteroatoms. The first-order valence-electron chi connectivity index (χ1n) is 9.85. The molecule has 1 N–H and O–H groups in total. The normalized spacial score (nSPS) is 14.5. The maximum atomic E-state index is 12.5. The predicted molar refractivity (Wildman–Crippen MR) is 108 cm³/mol. The standard InChI is InChI=1S/C23H26N2O3/c26-21(12-7-15-24-23(28)20-10-5-2-6-11-20)25-16-13-19(14-17-25)22(27)18-8-3-1-4-9-18/h1-6,8-11,19H,7,12-17H2,(H,24,28). The lowest BCUT2D eigenvalue weighted by molar-refractivity contribution is -0.132. The van der Waals surface area contributed by atoms with E-state index in [1.807, 2.05) is 53.4 Å². The number of ketones is 1. The summed E-state index contributed by atoms with van der Waals surface area (Å²) in [7, 11) is 0. The predicted octanol–water partition coefficient (Wildman–Crippen LogP) is 3.32. The van der Waals surface area contributed by atoms with Crippen LogP contribution in [0.4, 0.5) is 0 Å². The van der Waals surface area contributed by atoms with Crippen LogP contribution in [0.1, 0.15) is 46.4 Å². The molecule has 1 aliphatic rings. The van der Waals surface area contributed by atoms with Crippen molar-refractivity contribution in [3.63, 3.8) is 0 Å². The lowest BCUT2D eigenvalue weighted by Crippen LogP contribution is -2.40. The van der Waals surface area contributed by atoms with Crippen LogP contribution in [0.15, 0.2) is 60.7 Å². The Morgan fingerprint density at radius 3 is 2.04 bits per heavy atom. The Morgan fingerprint density at radius 1 is 0.857 bits per heavy atom. The van der Waals surface area contributed by atoms with Crippen LogP contribution < -0.4 is 5.32 Å². The van der Waals surface area contributed by atoms with Gasteiger partial charge in [0.25, 0.3) is 5.91 Å². The molecule has 0 bridgehead atoms. The Morgan fingerprint density at radius 2 is 1.43 bits per heavy atom. The maximum Gasteiger partial charge on any atom is 0.251 e. The third-order valence-corrected chi connectivity index (χ3v) is 5.17. The van der Waals surface area contributed by atoms with Crippen molar-refractivity contribution in [3.05, 3.63) is 71.8 Å². The third-order valence-electron chi connectivity index (χ3n) is 5.17. The van der Waals surface area contributed by atoms with Gasteiger partial charge in [0.1, 0.15) is 0 Å². The van der Waals surface area contributed by atoms with E-state index in [9.17, 15) is 14.4 Å². The quantitative estimate of drug-likeness (QED) is 0.594. The molecule has 2 amide bonds. The van der Waals surface area contributed by atoms with Crippen LogP contribution in [0.5, 0.6) is 0 Å². The van der Waals surface area contributed by atoms with Crippen molar-refractivity contribution in [2.24, 2.45) is 5.92 Å². The van der Waals surface area contributed by atoms with Gasteiger partial charge >= 0.3 is 0 Å². The summed E-state index contributed by atoms with van der Waals surface area (Å²) in [5, 5.41) is 2.84. The molecule has 0 aromatic heterocycles. The molecule has 2 aromatic carbocycles. The van der Waals surface area contributed by atoms with Gasteiger partial charge in [0.2, 0.25) is 5.91 Å². The Hall–Kier alpha value is -2.95. The average molecular weight is 378 g/mol. The van der Waals surface area contributed by atoms with Gasteiger partial charge in [0.05, 0.1) is 0 Å². The summed E-state index contributed by atoms with van der Waals surface area (Å²) >= 11 is 0. The van der Waals surface area contributed by atoms with Crippen molar-refractivity contribution < 1.29 is 14.4 Å². The van der Waals surface area contributed by atoms with E-state index in [0.717, 1.165) is 5.56 Å². The number of carbonyl (C=O) groups excluding carboxylic acids is 3. The minimum atomic E-state index is -0.117. The van der Waals surface area contributed by atoms with Crippen LogP contribution in [0, 0.1) is 5.92 Å². The molecule has 3 rings (SSSR count). The second-order valence-electron chi connectivity index (χ2n) is 7.11. The van der Waals surface area contributed by atoms with Gasteiger partial charge in [-0.3, -0.25) is 14.4 Å². The summed E-state index contributed by atoms with van der Waals surface area (Å²) in [6.45, 7) is 1.72. The zero-order chi connectivity index (χ0) is 19.8. The number of rotatable bonds is 7. The van der Waals surface area contributed by atoms with Crippen LogP contribution in [0.3, 0.4) is 0 Å². The van der Waals surface area contributed by atoms with E-state index in [1.54, 1.807) is 12.1 Å². The lowest BCUT2D eigenvalue weighted by Gasteiger charge is -2.31. The second-order valence-corrected chi connectivity index (χ2v) is 7.11. The molecule has 28 heavy (non-hydrogen) atoms. The van der Waals surface area contributed by atoms with Gasteiger partial charge < -0.3 is 10.2 Å². The molecule has 0 unspecified atom stereocenters. The molecule has 1 fully saturated rings. The maximum absolute atomic E-state index is 12.5. The fourth-order valence-electron chi connectivity index (χ4n) is 3.52. The zero-order valence-electron chi connectivity index (χ0n) is 16.0. The molecule has 1 saturated heterocycles. The van der Waals surface area contributed by atoms with E-state index in [-0.39, 0.29) is 23.5 Å². The Bertz CT molecular complexity index is 797. The number of hydrogen-bond donors (Lipinski definition) is 1. The number of likely N-dealkylation sites (tertiary alicyclic amines) is 1. The molecule has 146 valence electrons. The Kier molecular flexibility index (Phi) is 6.95. The summed E-state index contributed by atoms with van der Waals surface area (Å²) in [5.41, 5.74) is 1.38. The second kappa shape index (κ2) is 9.83. The van der Waals surface area contributed by atoms with Crippen molar-refractivity contribution in [2.75, 3.05) is 19.6 Å². The molecule has 2 aromatic rings. The van der Waals surface area contributed by atoms with Gasteiger partial charge in [0.15, 0.2) is 5.78 Å². The molecule has 0 saturated carbocycles. The highest BCUT2D eigenvalue weighted by Gasteiger charge is 2.27. The van der Waals surface area contributed by atoms with Crippen LogP contribution in [-0.4, -0.2) is 42.1 Å². The largest absolute Gasteiger partial charge is 0.352 e. The van der Waals surface area contributed by atoms with Crippen molar-refractivity contribution in [1.29, 1.82) is 0 Å². The summed E-state index contributed by atoms with van der Waals surface area (Å²) in [4.78, 5) is 38.7. The van der Waals surface area contributed by atoms with E-state index in [2.05, 4.69) is 5.32 Å². The SMILES string of the molecule is O=C(NCCCC(=O)N1CCC(C(=O)c2ccccc2)CC1)c1ccccc1. The number of hydrogen-bond acceptors (Lipinski definition) is 3. The number of amides is 2. The van der Waals surface area contributed by atoms with Crippen molar-refractivity contribution >= 4 is 17.6 Å². The van der Waals surface area contributed by atoms with Gasteiger partial charge in [-0.25, -0.2) is 0 Å². The van der Waals surface area contributed by atoms with Crippen LogP contribution in [0.25, 0.3) is 0 Å². The molecule has 5 nitrogen and oxygen atoms in total. The molecule has 0 aliphatic carbocycles. The molecule has 1 aliphatic heterocycles. The summed E-state index contributed by atoms with van der Waals surface area (Å²) < 4.78 is 0. The monoisotopic (exact) mass is 378 g/mol.